The fourth-order valence-corrected chi connectivity index (χ4v) is 5.22. The number of methoxy groups -OCH3 is 2. The molecular formula is C34H26F6N2O4. The van der Waals surface area contributed by atoms with Crippen LogP contribution in [0.3, 0.4) is 0 Å². The quantitative estimate of drug-likeness (QED) is 0.134. The molecule has 0 spiro atoms. The molecule has 2 aromatic carbocycles. The molecule has 0 aliphatic heterocycles. The summed E-state index contributed by atoms with van der Waals surface area (Å²) in [5, 5.41) is 0.466. The molecule has 238 valence electrons. The first-order valence-corrected chi connectivity index (χ1v) is 13.9. The van der Waals surface area contributed by atoms with E-state index in [2.05, 4.69) is 0 Å². The summed E-state index contributed by atoms with van der Waals surface area (Å²) in [7, 11) is 2.99. The van der Waals surface area contributed by atoms with Crippen LogP contribution in [0.4, 0.5) is 26.3 Å². The molecule has 0 atom stereocenters. The SMILES string of the molecule is COC1=CCC(=c2c(-c3ccc(OC)cc3)nc(=C3C=C(C(F)(F)F)C=C(C(F)(F)F)C3)n2Cc2ccc(C(=O)C=O)cc2)C=C1. The minimum absolute atomic E-state index is 0.0364. The Morgan fingerprint density at radius 1 is 0.891 bits per heavy atom. The number of nitrogens with zero attached hydrogens (tertiary/aromatic N) is 2. The topological polar surface area (TPSA) is 70.4 Å². The lowest BCUT2D eigenvalue weighted by molar-refractivity contribution is -0.104. The second-order valence-electron chi connectivity index (χ2n) is 10.5. The van der Waals surface area contributed by atoms with Crippen molar-refractivity contribution < 1.29 is 45.4 Å². The zero-order chi connectivity index (χ0) is 33.2. The second-order valence-corrected chi connectivity index (χ2v) is 10.5. The molecule has 46 heavy (non-hydrogen) atoms. The summed E-state index contributed by atoms with van der Waals surface area (Å²) >= 11 is 0. The molecule has 0 radical (unpaired) electrons. The number of aromatic nitrogens is 2. The Hall–Kier alpha value is -5.13. The summed E-state index contributed by atoms with van der Waals surface area (Å²) in [5.41, 5.74) is -0.916. The highest BCUT2D eigenvalue weighted by atomic mass is 19.4. The third kappa shape index (κ3) is 6.75. The summed E-state index contributed by atoms with van der Waals surface area (Å²) in [4.78, 5) is 27.6. The van der Waals surface area contributed by atoms with Crippen molar-refractivity contribution in [3.8, 4) is 17.0 Å². The first-order chi connectivity index (χ1) is 21.8. The van der Waals surface area contributed by atoms with E-state index in [-0.39, 0.29) is 35.5 Å². The Kier molecular flexibility index (Phi) is 8.91. The van der Waals surface area contributed by atoms with Crippen LogP contribution in [0.25, 0.3) is 22.4 Å². The van der Waals surface area contributed by atoms with Crippen molar-refractivity contribution in [2.75, 3.05) is 14.2 Å². The summed E-state index contributed by atoms with van der Waals surface area (Å²) in [6.45, 7) is -0.0364. The third-order valence-electron chi connectivity index (χ3n) is 7.55. The molecule has 0 fully saturated rings. The number of imidazole rings is 1. The Bertz CT molecular complexity index is 1920. The molecule has 0 bridgehead atoms. The van der Waals surface area contributed by atoms with Crippen LogP contribution in [0.15, 0.2) is 95.8 Å². The molecule has 0 amide bonds. The van der Waals surface area contributed by atoms with Crippen molar-refractivity contribution in [1.29, 1.82) is 0 Å². The molecule has 1 heterocycles. The van der Waals surface area contributed by atoms with Crippen molar-refractivity contribution in [3.63, 3.8) is 0 Å². The Labute approximate surface area is 259 Å². The minimum Gasteiger partial charge on any atom is -0.497 e. The monoisotopic (exact) mass is 640 g/mol. The van der Waals surface area contributed by atoms with Crippen LogP contribution in [0.1, 0.15) is 28.8 Å². The molecule has 1 aromatic heterocycles. The normalized spacial score (nSPS) is 17.6. The van der Waals surface area contributed by atoms with Gasteiger partial charge in [-0.2, -0.15) is 26.3 Å². The van der Waals surface area contributed by atoms with Gasteiger partial charge < -0.3 is 14.0 Å². The number of ether oxygens (including phenoxy) is 2. The van der Waals surface area contributed by atoms with Crippen LogP contribution in [-0.4, -0.2) is 48.2 Å². The number of benzene rings is 2. The molecular weight excluding hydrogens is 614 g/mol. The number of carbonyl (C=O) groups excluding carboxylic acids is 2. The highest BCUT2D eigenvalue weighted by Gasteiger charge is 2.41. The van der Waals surface area contributed by atoms with E-state index < -0.39 is 35.7 Å². The van der Waals surface area contributed by atoms with Gasteiger partial charge in [-0.3, -0.25) is 9.59 Å². The lowest BCUT2D eigenvalue weighted by Crippen LogP contribution is -2.32. The average molecular weight is 641 g/mol. The molecule has 0 unspecified atom stereocenters. The van der Waals surface area contributed by atoms with Crippen LogP contribution < -0.4 is 15.6 Å². The zero-order valence-electron chi connectivity index (χ0n) is 24.5. The van der Waals surface area contributed by atoms with E-state index in [0.29, 0.717) is 51.7 Å². The van der Waals surface area contributed by atoms with E-state index in [9.17, 15) is 35.9 Å². The van der Waals surface area contributed by atoms with Gasteiger partial charge in [-0.25, -0.2) is 4.98 Å². The van der Waals surface area contributed by atoms with Crippen LogP contribution >= 0.6 is 0 Å². The maximum Gasteiger partial charge on any atom is 0.416 e. The number of hydrogen-bond donors (Lipinski definition) is 0. The molecule has 2 aliphatic carbocycles. The van der Waals surface area contributed by atoms with E-state index in [0.717, 1.165) is 0 Å². The number of ketones is 1. The van der Waals surface area contributed by atoms with E-state index in [1.54, 1.807) is 59.2 Å². The van der Waals surface area contributed by atoms with Gasteiger partial charge in [-0.15, -0.1) is 0 Å². The molecule has 0 saturated heterocycles. The summed E-state index contributed by atoms with van der Waals surface area (Å²) in [5.74, 6) is 0.373. The first-order valence-electron chi connectivity index (χ1n) is 13.9. The third-order valence-corrected chi connectivity index (χ3v) is 7.55. The van der Waals surface area contributed by atoms with Gasteiger partial charge >= 0.3 is 12.4 Å². The fourth-order valence-electron chi connectivity index (χ4n) is 5.22. The number of hydrogen-bond acceptors (Lipinski definition) is 5. The van der Waals surface area contributed by atoms with E-state index in [4.69, 9.17) is 14.5 Å². The number of allylic oxidation sites excluding steroid dienone is 7. The second kappa shape index (κ2) is 12.7. The predicted molar refractivity (Wildman–Crippen MR) is 158 cm³/mol. The van der Waals surface area contributed by atoms with Crippen LogP contribution in [0, 0.1) is 0 Å². The first kappa shape index (κ1) is 32.3. The Balaban J connectivity index is 1.86. The molecule has 6 nitrogen and oxygen atoms in total. The number of aldehydes is 1. The lowest BCUT2D eigenvalue weighted by Gasteiger charge is -2.20. The van der Waals surface area contributed by atoms with Crippen LogP contribution in [0.5, 0.6) is 5.75 Å². The zero-order valence-corrected chi connectivity index (χ0v) is 24.5. The minimum atomic E-state index is -5.05. The largest absolute Gasteiger partial charge is 0.497 e. The number of Topliss-reactive ketones (excluding diaryl/α,β-unsaturated/α-hetero) is 1. The summed E-state index contributed by atoms with van der Waals surface area (Å²) in [6, 6.07) is 12.7. The van der Waals surface area contributed by atoms with Crippen molar-refractivity contribution in [3.05, 3.63) is 118 Å². The van der Waals surface area contributed by atoms with Gasteiger partial charge in [0.25, 0.3) is 0 Å². The number of carbonyl (C=O) groups is 2. The highest BCUT2D eigenvalue weighted by molar-refractivity contribution is 6.33. The van der Waals surface area contributed by atoms with E-state index in [1.165, 1.54) is 26.4 Å². The molecule has 0 saturated carbocycles. The van der Waals surface area contributed by atoms with Crippen molar-refractivity contribution >= 4 is 23.2 Å². The average Bonchev–Trinajstić information content (AvgIpc) is 3.42. The van der Waals surface area contributed by atoms with E-state index >= 15 is 0 Å². The van der Waals surface area contributed by atoms with Gasteiger partial charge in [-0.1, -0.05) is 30.3 Å². The van der Waals surface area contributed by atoms with Crippen LogP contribution in [0.2, 0.25) is 0 Å². The number of alkyl halides is 6. The fraction of sp³-hybridized carbons (Fsp3) is 0.206. The predicted octanol–water partition coefficient (Wildman–Crippen LogP) is 6.16. The molecule has 12 heteroatoms. The molecule has 0 N–H and O–H groups in total. The van der Waals surface area contributed by atoms with Crippen molar-refractivity contribution in [2.24, 2.45) is 0 Å². The van der Waals surface area contributed by atoms with Crippen molar-refractivity contribution in [1.82, 2.24) is 9.55 Å². The number of halogens is 6. The number of rotatable bonds is 7. The Morgan fingerprint density at radius 2 is 1.59 bits per heavy atom. The van der Waals surface area contributed by atoms with Gasteiger partial charge in [0.2, 0.25) is 5.78 Å². The molecule has 3 aromatic rings. The maximum atomic E-state index is 14.0. The highest BCUT2D eigenvalue weighted by Crippen LogP contribution is 2.40. The van der Waals surface area contributed by atoms with Gasteiger partial charge in [0, 0.05) is 35.2 Å². The molecule has 2 aliphatic rings. The standard InChI is InChI=1S/C34H26F6N2O4/c1-45-27-11-7-22(8-12-27)30-31(23-9-13-28(46-2)14-10-23)42(18-20-3-5-21(6-4-20)29(44)19-43)32(41-30)24-15-25(33(35,36)37)17-26(16-24)34(38,39)40/h3-9,11-15,17,19H,10,16,18H2,1-2H3. The smallest absolute Gasteiger partial charge is 0.416 e. The van der Waals surface area contributed by atoms with Gasteiger partial charge in [0.1, 0.15) is 17.0 Å². The Morgan fingerprint density at radius 3 is 2.13 bits per heavy atom. The van der Waals surface area contributed by atoms with Crippen molar-refractivity contribution in [2.45, 2.75) is 31.7 Å². The van der Waals surface area contributed by atoms with Gasteiger partial charge in [-0.05, 0) is 66.1 Å². The molecule has 5 rings (SSSR count). The van der Waals surface area contributed by atoms with Crippen LogP contribution in [-0.2, 0) is 16.1 Å². The summed E-state index contributed by atoms with van der Waals surface area (Å²) in [6.07, 6.45) is -4.32. The van der Waals surface area contributed by atoms with E-state index in [1.807, 2.05) is 0 Å². The summed E-state index contributed by atoms with van der Waals surface area (Å²) < 4.78 is 95.8. The lowest BCUT2D eigenvalue weighted by atomic mass is 9.94. The van der Waals surface area contributed by atoms with Gasteiger partial charge in [0.15, 0.2) is 6.29 Å². The maximum absolute atomic E-state index is 14.0. The van der Waals surface area contributed by atoms with Gasteiger partial charge in [0.05, 0.1) is 30.8 Å².